The first-order chi connectivity index (χ1) is 16.2. The van der Waals surface area contributed by atoms with Gasteiger partial charge >= 0.3 is 0 Å². The Labute approximate surface area is 197 Å². The Morgan fingerprint density at radius 3 is 2.41 bits per heavy atom. The van der Waals surface area contributed by atoms with Crippen LogP contribution in [0.3, 0.4) is 0 Å². The highest BCUT2D eigenvalue weighted by Crippen LogP contribution is 2.41. The minimum atomic E-state index is -0.318. The first-order valence-electron chi connectivity index (χ1n) is 11.3. The van der Waals surface area contributed by atoms with Gasteiger partial charge in [-0.05, 0) is 47.4 Å². The van der Waals surface area contributed by atoms with Crippen molar-refractivity contribution in [2.24, 2.45) is 5.41 Å². The highest BCUT2D eigenvalue weighted by molar-refractivity contribution is 6.10. The van der Waals surface area contributed by atoms with Gasteiger partial charge in [0.05, 0.1) is 12.1 Å². The van der Waals surface area contributed by atoms with Crippen molar-refractivity contribution in [1.82, 2.24) is 4.57 Å². The summed E-state index contributed by atoms with van der Waals surface area (Å²) in [5.41, 5.74) is 4.55. The summed E-state index contributed by atoms with van der Waals surface area (Å²) >= 11 is 0. The maximum absolute atomic E-state index is 14.8. The number of fused-ring (bicyclic) bond motifs is 2. The summed E-state index contributed by atoms with van der Waals surface area (Å²) in [6.45, 7) is 6.29. The number of hydrogen-bond donors (Lipinski definition) is 2. The third kappa shape index (κ3) is 4.07. The van der Waals surface area contributed by atoms with Gasteiger partial charge in [-0.3, -0.25) is 9.59 Å². The molecule has 0 bridgehead atoms. The van der Waals surface area contributed by atoms with Crippen LogP contribution in [0, 0.1) is 11.2 Å². The van der Waals surface area contributed by atoms with Crippen LogP contribution in [0.1, 0.15) is 43.2 Å². The summed E-state index contributed by atoms with van der Waals surface area (Å²) in [6, 6.07) is 19.8. The number of hydrogen-bond acceptors (Lipinski definition) is 2. The second-order valence-electron chi connectivity index (χ2n) is 9.95. The third-order valence-electron chi connectivity index (χ3n) is 5.96. The van der Waals surface area contributed by atoms with E-state index < -0.39 is 0 Å². The van der Waals surface area contributed by atoms with Crippen molar-refractivity contribution in [2.75, 3.05) is 10.6 Å². The predicted octanol–water partition coefficient (Wildman–Crippen LogP) is 6.44. The van der Waals surface area contributed by atoms with E-state index in [0.29, 0.717) is 29.1 Å². The molecule has 1 aliphatic rings. The molecule has 0 fully saturated rings. The van der Waals surface area contributed by atoms with E-state index >= 15 is 0 Å². The number of aromatic nitrogens is 1. The Morgan fingerprint density at radius 1 is 0.912 bits per heavy atom. The molecule has 6 heteroatoms. The Hall–Kier alpha value is -3.93. The van der Waals surface area contributed by atoms with Gasteiger partial charge in [0.25, 0.3) is 5.91 Å². The highest BCUT2D eigenvalue weighted by atomic mass is 19.1. The van der Waals surface area contributed by atoms with Crippen LogP contribution in [0.15, 0.2) is 66.7 Å². The molecule has 0 saturated carbocycles. The van der Waals surface area contributed by atoms with Crippen molar-refractivity contribution in [2.45, 2.75) is 33.7 Å². The molecule has 0 atom stereocenters. The molecule has 2 heterocycles. The molecule has 1 aliphatic heterocycles. The number of para-hydroxylation sites is 1. The average molecular weight is 456 g/mol. The van der Waals surface area contributed by atoms with Crippen LogP contribution < -0.4 is 10.6 Å². The van der Waals surface area contributed by atoms with Crippen molar-refractivity contribution in [1.29, 1.82) is 0 Å². The number of nitrogens with one attached hydrogen (secondary N) is 2. The molecular formula is C28H26FN3O2. The minimum absolute atomic E-state index is 0.0872. The van der Waals surface area contributed by atoms with Crippen LogP contribution in [0.4, 0.5) is 15.8 Å². The Kier molecular flexibility index (Phi) is 5.24. The van der Waals surface area contributed by atoms with E-state index in [2.05, 4.69) is 10.6 Å². The molecule has 5 nitrogen and oxygen atoms in total. The van der Waals surface area contributed by atoms with E-state index in [0.717, 1.165) is 22.0 Å². The van der Waals surface area contributed by atoms with Crippen LogP contribution in [0.25, 0.3) is 22.0 Å². The molecule has 0 aliphatic carbocycles. The molecule has 0 spiro atoms. The number of anilines is 2. The molecule has 172 valence electrons. The van der Waals surface area contributed by atoms with Gasteiger partial charge in [-0.1, -0.05) is 51.1 Å². The van der Waals surface area contributed by atoms with Crippen LogP contribution in [0.2, 0.25) is 0 Å². The summed E-state index contributed by atoms with van der Waals surface area (Å²) < 4.78 is 16.7. The van der Waals surface area contributed by atoms with E-state index in [-0.39, 0.29) is 29.6 Å². The minimum Gasteiger partial charge on any atom is -0.331 e. The van der Waals surface area contributed by atoms with Gasteiger partial charge in [0.15, 0.2) is 0 Å². The summed E-state index contributed by atoms with van der Waals surface area (Å²) in [4.78, 5) is 25.8. The lowest BCUT2D eigenvalue weighted by Crippen LogP contribution is -2.20. The predicted molar refractivity (Wildman–Crippen MR) is 134 cm³/mol. The van der Waals surface area contributed by atoms with Gasteiger partial charge in [0, 0.05) is 34.3 Å². The van der Waals surface area contributed by atoms with Gasteiger partial charge in [-0.15, -0.1) is 0 Å². The molecule has 34 heavy (non-hydrogen) atoms. The SMILES string of the molecule is CC(C)(C)CC(=O)Nc1cc2c3c(c1)cc(C(=O)Nc1ccccc1)n3Cc1c(F)cccc1-2. The molecule has 4 aromatic rings. The fraction of sp³-hybridized carbons (Fsp3) is 0.214. The zero-order valence-corrected chi connectivity index (χ0v) is 19.4. The highest BCUT2D eigenvalue weighted by Gasteiger charge is 2.27. The van der Waals surface area contributed by atoms with Crippen molar-refractivity contribution in [3.8, 4) is 11.1 Å². The monoisotopic (exact) mass is 455 g/mol. The lowest BCUT2D eigenvalue weighted by atomic mass is 9.91. The average Bonchev–Trinajstić information content (AvgIpc) is 3.13. The lowest BCUT2D eigenvalue weighted by molar-refractivity contribution is -0.117. The van der Waals surface area contributed by atoms with E-state index in [9.17, 15) is 14.0 Å². The van der Waals surface area contributed by atoms with Crippen LogP contribution in [-0.2, 0) is 11.3 Å². The van der Waals surface area contributed by atoms with Crippen molar-refractivity contribution in [3.63, 3.8) is 0 Å². The van der Waals surface area contributed by atoms with Crippen LogP contribution >= 0.6 is 0 Å². The zero-order chi connectivity index (χ0) is 24.0. The second-order valence-corrected chi connectivity index (χ2v) is 9.95. The molecule has 0 radical (unpaired) electrons. The number of carbonyl (C=O) groups is 2. The largest absolute Gasteiger partial charge is 0.331 e. The summed E-state index contributed by atoms with van der Waals surface area (Å²) in [6.07, 6.45) is 0.372. The lowest BCUT2D eigenvalue weighted by Gasteiger charge is -2.23. The molecule has 2 N–H and O–H groups in total. The van der Waals surface area contributed by atoms with Gasteiger partial charge in [0.1, 0.15) is 11.5 Å². The standard InChI is InChI=1S/C28H26FN3O2/c1-28(2,3)15-25(33)30-19-12-17-13-24(27(34)31-18-8-5-4-6-9-18)32-16-22-20(10-7-11-23(22)29)21(14-19)26(17)32/h4-14H,15-16H2,1-3H3,(H,30,33)(H,31,34). The van der Waals surface area contributed by atoms with E-state index in [1.165, 1.54) is 6.07 Å². The zero-order valence-electron chi connectivity index (χ0n) is 19.4. The number of carbonyl (C=O) groups excluding carboxylic acids is 2. The molecule has 0 saturated heterocycles. The molecule has 5 rings (SSSR count). The first-order valence-corrected chi connectivity index (χ1v) is 11.3. The normalized spacial score (nSPS) is 12.4. The topological polar surface area (TPSA) is 63.1 Å². The fourth-order valence-corrected chi connectivity index (χ4v) is 4.58. The summed E-state index contributed by atoms with van der Waals surface area (Å²) in [5, 5.41) is 6.73. The van der Waals surface area contributed by atoms with Crippen molar-refractivity contribution in [3.05, 3.63) is 83.8 Å². The second kappa shape index (κ2) is 8.13. The summed E-state index contributed by atoms with van der Waals surface area (Å²) in [7, 11) is 0. The van der Waals surface area contributed by atoms with Gasteiger partial charge in [-0.2, -0.15) is 0 Å². The number of rotatable bonds is 4. The van der Waals surface area contributed by atoms with E-state index in [4.69, 9.17) is 0 Å². The van der Waals surface area contributed by atoms with Crippen molar-refractivity contribution >= 4 is 34.1 Å². The Balaban J connectivity index is 1.62. The van der Waals surface area contributed by atoms with Crippen LogP contribution in [0.5, 0.6) is 0 Å². The molecule has 3 aromatic carbocycles. The molecule has 0 unspecified atom stereocenters. The number of nitrogens with zero attached hydrogens (tertiary/aromatic N) is 1. The van der Waals surface area contributed by atoms with E-state index in [1.807, 2.05) is 73.9 Å². The smallest absolute Gasteiger partial charge is 0.272 e. The molecule has 2 amide bonds. The van der Waals surface area contributed by atoms with E-state index in [1.54, 1.807) is 12.1 Å². The Morgan fingerprint density at radius 2 is 1.68 bits per heavy atom. The first kappa shape index (κ1) is 21.9. The quantitative estimate of drug-likeness (QED) is 0.328. The van der Waals surface area contributed by atoms with Gasteiger partial charge in [0.2, 0.25) is 5.91 Å². The van der Waals surface area contributed by atoms with Crippen LogP contribution in [-0.4, -0.2) is 16.4 Å². The van der Waals surface area contributed by atoms with Gasteiger partial charge in [-0.25, -0.2) is 4.39 Å². The fourth-order valence-electron chi connectivity index (χ4n) is 4.58. The maximum atomic E-state index is 14.8. The molecule has 1 aromatic heterocycles. The van der Waals surface area contributed by atoms with Crippen molar-refractivity contribution < 1.29 is 14.0 Å². The summed E-state index contributed by atoms with van der Waals surface area (Å²) in [5.74, 6) is -0.677. The number of benzene rings is 3. The molecular weight excluding hydrogens is 429 g/mol. The third-order valence-corrected chi connectivity index (χ3v) is 5.96. The number of halogens is 1. The maximum Gasteiger partial charge on any atom is 0.272 e. The van der Waals surface area contributed by atoms with Gasteiger partial charge < -0.3 is 15.2 Å². The number of amides is 2. The Bertz CT molecular complexity index is 1430.